The number of pyridine rings is 1. The fourth-order valence-electron chi connectivity index (χ4n) is 8.39. The number of rotatable bonds is 8. The molecule has 49 heavy (non-hydrogen) atoms. The minimum atomic E-state index is -0.630. The van der Waals surface area contributed by atoms with E-state index in [0.717, 1.165) is 62.9 Å². The van der Waals surface area contributed by atoms with E-state index in [1.54, 1.807) is 0 Å². The molecule has 10 nitrogen and oxygen atoms in total. The van der Waals surface area contributed by atoms with Crippen LogP contribution in [0, 0.1) is 5.82 Å². The van der Waals surface area contributed by atoms with Crippen LogP contribution in [-0.4, -0.2) is 91.2 Å². The van der Waals surface area contributed by atoms with Crippen LogP contribution in [-0.2, 0) is 11.3 Å². The van der Waals surface area contributed by atoms with Gasteiger partial charge in [-0.15, -0.1) is 0 Å². The highest BCUT2D eigenvalue weighted by Crippen LogP contribution is 2.52. The van der Waals surface area contributed by atoms with Gasteiger partial charge < -0.3 is 4.90 Å². The van der Waals surface area contributed by atoms with Crippen molar-refractivity contribution in [1.82, 2.24) is 33.9 Å². The molecule has 1 spiro atoms. The summed E-state index contributed by atoms with van der Waals surface area (Å²) in [6.45, 7) is 8.68. The number of hydrazine groups is 1. The normalized spacial score (nSPS) is 22.9. The molecule has 0 atom stereocenters. The average molecular weight is 666 g/mol. The molecule has 2 aliphatic heterocycles. The van der Waals surface area contributed by atoms with Gasteiger partial charge in [0.05, 0.1) is 17.3 Å². The second-order valence-electron chi connectivity index (χ2n) is 14.4. The maximum atomic E-state index is 14.5. The number of carbonyl (C=O) groups is 1. The number of halogens is 1. The molecule has 4 aromatic rings. The highest BCUT2D eigenvalue weighted by Gasteiger charge is 2.66. The Morgan fingerprint density at radius 3 is 2.22 bits per heavy atom. The number of aromatic nitrogens is 3. The van der Waals surface area contributed by atoms with Crippen LogP contribution in [0.15, 0.2) is 70.4 Å². The van der Waals surface area contributed by atoms with Crippen LogP contribution in [0.2, 0.25) is 0 Å². The molecule has 4 heterocycles. The van der Waals surface area contributed by atoms with E-state index in [0.29, 0.717) is 31.4 Å². The Hall–Kier alpha value is -4.19. The molecule has 256 valence electrons. The lowest BCUT2D eigenvalue weighted by Gasteiger charge is -2.53. The number of nitrogens with zero attached hydrogens (tertiary/aromatic N) is 7. The molecule has 4 aliphatic rings. The summed E-state index contributed by atoms with van der Waals surface area (Å²) in [4.78, 5) is 50.3. The molecule has 2 saturated carbocycles. The molecule has 0 unspecified atom stereocenters. The summed E-state index contributed by atoms with van der Waals surface area (Å²) in [7, 11) is 1.98. The van der Waals surface area contributed by atoms with Crippen LogP contribution in [0.4, 0.5) is 4.39 Å². The van der Waals surface area contributed by atoms with Gasteiger partial charge in [0.15, 0.2) is 5.65 Å². The van der Waals surface area contributed by atoms with Gasteiger partial charge in [0.2, 0.25) is 0 Å². The van der Waals surface area contributed by atoms with Gasteiger partial charge in [-0.2, -0.15) is 0 Å². The summed E-state index contributed by atoms with van der Waals surface area (Å²) in [6.07, 6.45) is 6.56. The lowest BCUT2D eigenvalue weighted by Crippen LogP contribution is -2.72. The number of amides is 1. The second kappa shape index (κ2) is 12.6. The number of fused-ring (bicyclic) bond motifs is 1. The van der Waals surface area contributed by atoms with Crippen molar-refractivity contribution in [3.8, 4) is 16.8 Å². The summed E-state index contributed by atoms with van der Waals surface area (Å²) in [5.41, 5.74) is 2.60. The topological polar surface area (TPSA) is 86.9 Å². The van der Waals surface area contributed by atoms with Crippen molar-refractivity contribution < 1.29 is 9.18 Å². The number of hydrogen-bond donors (Lipinski definition) is 0. The van der Waals surface area contributed by atoms with Gasteiger partial charge in [-0.1, -0.05) is 43.3 Å². The van der Waals surface area contributed by atoms with Gasteiger partial charge in [0, 0.05) is 51.9 Å². The Kier molecular flexibility index (Phi) is 8.24. The molecule has 0 N–H and O–H groups in total. The van der Waals surface area contributed by atoms with Gasteiger partial charge in [-0.25, -0.2) is 23.7 Å². The largest absolute Gasteiger partial charge is 0.337 e. The molecular formula is C38H44FN7O3. The zero-order chi connectivity index (χ0) is 33.9. The Labute approximate surface area is 285 Å². The van der Waals surface area contributed by atoms with E-state index < -0.39 is 17.1 Å². The van der Waals surface area contributed by atoms with Gasteiger partial charge in [0.25, 0.3) is 11.5 Å². The predicted molar refractivity (Wildman–Crippen MR) is 187 cm³/mol. The monoisotopic (exact) mass is 665 g/mol. The summed E-state index contributed by atoms with van der Waals surface area (Å²) >= 11 is 0. The molecule has 2 aliphatic carbocycles. The maximum absolute atomic E-state index is 14.5. The molecule has 8 rings (SSSR count). The quantitative estimate of drug-likeness (QED) is 0.272. The van der Waals surface area contributed by atoms with E-state index in [9.17, 15) is 18.8 Å². The SMILES string of the molecule is CCCN1CCN(Cc2ccc(-c3cccc(-n4c(=O)n(C5CCC(N6C(=O)C7(CC7)N6C)CC5)c(=O)c5cc(F)cnc54)c3)cc2)CC1. The Balaban J connectivity index is 1.06. The first-order valence-electron chi connectivity index (χ1n) is 17.8. The number of likely N-dealkylation sites (N-methyl/N-ethyl adjacent to an activating group) is 1. The molecule has 11 heteroatoms. The zero-order valence-corrected chi connectivity index (χ0v) is 28.4. The third-order valence-electron chi connectivity index (χ3n) is 11.3. The van der Waals surface area contributed by atoms with Crippen LogP contribution < -0.4 is 11.2 Å². The van der Waals surface area contributed by atoms with Crippen molar-refractivity contribution in [3.05, 3.63) is 93.0 Å². The van der Waals surface area contributed by atoms with Crippen LogP contribution in [0.5, 0.6) is 0 Å². The number of hydrogen-bond acceptors (Lipinski definition) is 7. The summed E-state index contributed by atoms with van der Waals surface area (Å²) in [6, 6.07) is 17.1. The summed E-state index contributed by atoms with van der Waals surface area (Å²) in [5.74, 6) is -0.435. The fraction of sp³-hybridized carbons (Fsp3) is 0.474. The molecule has 2 aromatic carbocycles. The van der Waals surface area contributed by atoms with Crippen molar-refractivity contribution in [3.63, 3.8) is 0 Å². The third-order valence-corrected chi connectivity index (χ3v) is 11.3. The summed E-state index contributed by atoms with van der Waals surface area (Å²) in [5, 5.41) is 4.02. The highest BCUT2D eigenvalue weighted by atomic mass is 19.1. The first kappa shape index (κ1) is 32.0. The standard InChI is InChI=1S/C38H44FN7O3/c1-3-17-42-18-20-43(21-19-42)25-26-7-9-27(10-8-26)28-5-4-6-32(22-28)44-34-33(23-29(39)24-40-34)35(47)45(37(44)49)30-11-13-31(14-12-30)46-36(48)38(15-16-38)41(46)2/h4-10,22-24,30-31H,3,11-21,25H2,1-2H3. The molecule has 4 fully saturated rings. The predicted octanol–water partition coefficient (Wildman–Crippen LogP) is 4.59. The minimum Gasteiger partial charge on any atom is -0.301 e. The molecule has 0 radical (unpaired) electrons. The number of carbonyl (C=O) groups excluding carboxylic acids is 1. The third kappa shape index (κ3) is 5.61. The van der Waals surface area contributed by atoms with Crippen molar-refractivity contribution in [1.29, 1.82) is 0 Å². The van der Waals surface area contributed by atoms with E-state index in [1.165, 1.54) is 33.7 Å². The molecule has 0 bridgehead atoms. The van der Waals surface area contributed by atoms with Gasteiger partial charge in [-0.05, 0) is 86.4 Å². The van der Waals surface area contributed by atoms with Crippen LogP contribution in [0.25, 0.3) is 27.8 Å². The molecular weight excluding hydrogens is 621 g/mol. The number of benzene rings is 2. The lowest BCUT2D eigenvalue weighted by atomic mass is 9.89. The molecule has 1 amide bonds. The van der Waals surface area contributed by atoms with Crippen LogP contribution in [0.3, 0.4) is 0 Å². The van der Waals surface area contributed by atoms with E-state index >= 15 is 0 Å². The lowest BCUT2D eigenvalue weighted by molar-refractivity contribution is -0.207. The Bertz CT molecular complexity index is 2000. The van der Waals surface area contributed by atoms with Crippen LogP contribution >= 0.6 is 0 Å². The van der Waals surface area contributed by atoms with Gasteiger partial charge in [-0.3, -0.25) is 24.1 Å². The first-order chi connectivity index (χ1) is 23.8. The Morgan fingerprint density at radius 1 is 0.857 bits per heavy atom. The van der Waals surface area contributed by atoms with Crippen molar-refractivity contribution in [2.75, 3.05) is 39.8 Å². The van der Waals surface area contributed by atoms with E-state index in [2.05, 4.69) is 51.0 Å². The second-order valence-corrected chi connectivity index (χ2v) is 14.4. The number of piperazine rings is 1. The highest BCUT2D eigenvalue weighted by molar-refractivity contribution is 5.94. The van der Waals surface area contributed by atoms with E-state index in [1.807, 2.05) is 36.3 Å². The van der Waals surface area contributed by atoms with Gasteiger partial charge in [0.1, 0.15) is 11.4 Å². The molecule has 2 saturated heterocycles. The minimum absolute atomic E-state index is 0.0524. The Morgan fingerprint density at radius 2 is 1.55 bits per heavy atom. The van der Waals surface area contributed by atoms with Crippen molar-refractivity contribution in [2.45, 2.75) is 76.0 Å². The van der Waals surface area contributed by atoms with E-state index in [4.69, 9.17) is 0 Å². The fourth-order valence-corrected chi connectivity index (χ4v) is 8.39. The zero-order valence-electron chi connectivity index (χ0n) is 28.4. The maximum Gasteiger partial charge on any atom is 0.337 e. The smallest absolute Gasteiger partial charge is 0.301 e. The van der Waals surface area contributed by atoms with Crippen molar-refractivity contribution >= 4 is 16.9 Å². The average Bonchev–Trinajstić information content (AvgIpc) is 3.95. The summed E-state index contributed by atoms with van der Waals surface area (Å²) < 4.78 is 17.3. The molecule has 2 aromatic heterocycles. The van der Waals surface area contributed by atoms with Gasteiger partial charge >= 0.3 is 5.69 Å². The first-order valence-corrected chi connectivity index (χ1v) is 17.8. The van der Waals surface area contributed by atoms with Crippen molar-refractivity contribution in [2.24, 2.45) is 0 Å². The van der Waals surface area contributed by atoms with Crippen LogP contribution in [0.1, 0.15) is 63.5 Å². The van der Waals surface area contributed by atoms with E-state index in [-0.39, 0.29) is 34.6 Å².